The Kier molecular flexibility index (Phi) is 5.00. The molecule has 0 saturated carbocycles. The van der Waals surface area contributed by atoms with Crippen molar-refractivity contribution in [3.05, 3.63) is 29.8 Å². The second-order valence-corrected chi connectivity index (χ2v) is 6.71. The van der Waals surface area contributed by atoms with Gasteiger partial charge in [0.15, 0.2) is 6.29 Å². The molecule has 1 saturated heterocycles. The van der Waals surface area contributed by atoms with Crippen LogP contribution < -0.4 is 0 Å². The van der Waals surface area contributed by atoms with Crippen LogP contribution in [-0.4, -0.2) is 45.2 Å². The summed E-state index contributed by atoms with van der Waals surface area (Å²) in [5.74, 6) is 0. The summed E-state index contributed by atoms with van der Waals surface area (Å²) in [4.78, 5) is 0.0633. The van der Waals surface area contributed by atoms with Crippen LogP contribution in [0.5, 0.6) is 0 Å². The lowest BCUT2D eigenvalue weighted by Crippen LogP contribution is -2.49. The van der Waals surface area contributed by atoms with Gasteiger partial charge in [0.2, 0.25) is 0 Å². The van der Waals surface area contributed by atoms with Crippen molar-refractivity contribution in [1.29, 1.82) is 0 Å². The van der Waals surface area contributed by atoms with Gasteiger partial charge in [0.1, 0.15) is 12.2 Å². The molecule has 1 aromatic carbocycles. The third kappa shape index (κ3) is 3.81. The molecule has 0 aliphatic carbocycles. The van der Waals surface area contributed by atoms with Crippen molar-refractivity contribution in [2.24, 2.45) is 0 Å². The zero-order valence-corrected chi connectivity index (χ0v) is 13.0. The van der Waals surface area contributed by atoms with Gasteiger partial charge in [-0.1, -0.05) is 17.7 Å². The van der Waals surface area contributed by atoms with Gasteiger partial charge >= 0.3 is 0 Å². The standard InChI is InChI=1S/C14H20O6S/c1-9-4-6-11(7-5-9)21(16,17)20-12-8-13(18-3)19-10(2)14(12)15/h4-7,10,12-15H,8H2,1-3H3/t10-,12-,13+,14-/m1/s1. The Morgan fingerprint density at radius 2 is 1.90 bits per heavy atom. The molecule has 0 radical (unpaired) electrons. The second-order valence-electron chi connectivity index (χ2n) is 5.13. The fraction of sp³-hybridized carbons (Fsp3) is 0.571. The summed E-state index contributed by atoms with van der Waals surface area (Å²) in [7, 11) is -2.48. The van der Waals surface area contributed by atoms with Gasteiger partial charge in [-0.15, -0.1) is 0 Å². The van der Waals surface area contributed by atoms with Crippen LogP contribution in [0.4, 0.5) is 0 Å². The molecule has 1 aliphatic heterocycles. The number of rotatable bonds is 4. The molecular formula is C14H20O6S. The Labute approximate surface area is 124 Å². The van der Waals surface area contributed by atoms with E-state index in [0.717, 1.165) is 5.56 Å². The predicted octanol–water partition coefficient (Wildman–Crippen LogP) is 1.21. The number of benzene rings is 1. The van der Waals surface area contributed by atoms with Crippen LogP contribution in [0, 0.1) is 6.92 Å². The topological polar surface area (TPSA) is 82.1 Å². The maximum absolute atomic E-state index is 12.2. The lowest BCUT2D eigenvalue weighted by Gasteiger charge is -2.36. The molecule has 1 aliphatic rings. The van der Waals surface area contributed by atoms with Crippen molar-refractivity contribution in [1.82, 2.24) is 0 Å². The number of aliphatic hydroxyl groups is 1. The Balaban J connectivity index is 2.16. The molecule has 0 bridgehead atoms. The smallest absolute Gasteiger partial charge is 0.297 e. The van der Waals surface area contributed by atoms with Gasteiger partial charge in [0.25, 0.3) is 10.1 Å². The van der Waals surface area contributed by atoms with Gasteiger partial charge in [0, 0.05) is 13.5 Å². The fourth-order valence-electron chi connectivity index (χ4n) is 2.18. The lowest BCUT2D eigenvalue weighted by molar-refractivity contribution is -0.232. The molecular weight excluding hydrogens is 296 g/mol. The highest BCUT2D eigenvalue weighted by molar-refractivity contribution is 7.86. The summed E-state index contributed by atoms with van der Waals surface area (Å²) in [6.07, 6.45) is -2.95. The van der Waals surface area contributed by atoms with Crippen molar-refractivity contribution in [3.63, 3.8) is 0 Å². The van der Waals surface area contributed by atoms with Crippen LogP contribution in [0.15, 0.2) is 29.2 Å². The molecule has 4 atom stereocenters. The van der Waals surface area contributed by atoms with E-state index in [1.54, 1.807) is 19.1 Å². The van der Waals surface area contributed by atoms with E-state index in [1.807, 2.05) is 6.92 Å². The minimum absolute atomic E-state index is 0.0633. The quantitative estimate of drug-likeness (QED) is 0.841. The first-order chi connectivity index (χ1) is 9.83. The van der Waals surface area contributed by atoms with E-state index in [-0.39, 0.29) is 11.3 Å². The predicted molar refractivity (Wildman–Crippen MR) is 75.2 cm³/mol. The van der Waals surface area contributed by atoms with Gasteiger partial charge in [-0.3, -0.25) is 4.18 Å². The van der Waals surface area contributed by atoms with E-state index in [9.17, 15) is 13.5 Å². The Bertz CT molecular complexity index is 568. The van der Waals surface area contributed by atoms with Crippen LogP contribution in [-0.2, 0) is 23.8 Å². The molecule has 7 heteroatoms. The van der Waals surface area contributed by atoms with Crippen molar-refractivity contribution in [3.8, 4) is 0 Å². The van der Waals surface area contributed by atoms with Crippen LogP contribution >= 0.6 is 0 Å². The zero-order chi connectivity index (χ0) is 15.6. The number of methoxy groups -OCH3 is 1. The average Bonchev–Trinajstić information content (AvgIpc) is 2.43. The molecule has 0 aromatic heterocycles. The van der Waals surface area contributed by atoms with Crippen LogP contribution in [0.1, 0.15) is 18.9 Å². The second kappa shape index (κ2) is 6.41. The van der Waals surface area contributed by atoms with Crippen LogP contribution in [0.3, 0.4) is 0 Å². The largest absolute Gasteiger partial charge is 0.388 e. The van der Waals surface area contributed by atoms with Gasteiger partial charge in [-0.25, -0.2) is 0 Å². The first-order valence-electron chi connectivity index (χ1n) is 6.70. The number of aryl methyl sites for hydroxylation is 1. The number of ether oxygens (including phenoxy) is 2. The summed E-state index contributed by atoms with van der Waals surface area (Å²) in [6.45, 7) is 3.51. The lowest BCUT2D eigenvalue weighted by atomic mass is 10.0. The maximum Gasteiger partial charge on any atom is 0.297 e. The molecule has 21 heavy (non-hydrogen) atoms. The Morgan fingerprint density at radius 1 is 1.29 bits per heavy atom. The molecule has 0 amide bonds. The normalized spacial score (nSPS) is 30.3. The van der Waals surface area contributed by atoms with Gasteiger partial charge < -0.3 is 14.6 Å². The third-order valence-corrected chi connectivity index (χ3v) is 4.83. The summed E-state index contributed by atoms with van der Waals surface area (Å²) >= 11 is 0. The van der Waals surface area contributed by atoms with E-state index in [4.69, 9.17) is 13.7 Å². The summed E-state index contributed by atoms with van der Waals surface area (Å²) in [5, 5.41) is 10.0. The SMILES string of the molecule is CO[C@@H]1C[C@@H](OS(=O)(=O)c2ccc(C)cc2)[C@H](O)[C@@H](C)O1. The first kappa shape index (κ1) is 16.4. The molecule has 1 heterocycles. The van der Waals surface area contributed by atoms with Crippen molar-refractivity contribution in [2.45, 2.75) is 49.8 Å². The highest BCUT2D eigenvalue weighted by Gasteiger charge is 2.39. The van der Waals surface area contributed by atoms with E-state index in [0.29, 0.717) is 0 Å². The van der Waals surface area contributed by atoms with Crippen molar-refractivity contribution >= 4 is 10.1 Å². The molecule has 1 N–H and O–H groups in total. The third-order valence-electron chi connectivity index (χ3n) is 3.48. The molecule has 6 nitrogen and oxygen atoms in total. The van der Waals surface area contributed by atoms with E-state index in [1.165, 1.54) is 19.2 Å². The molecule has 0 spiro atoms. The van der Waals surface area contributed by atoms with Gasteiger partial charge in [-0.05, 0) is 26.0 Å². The summed E-state index contributed by atoms with van der Waals surface area (Å²) in [5.41, 5.74) is 0.952. The fourth-order valence-corrected chi connectivity index (χ4v) is 3.28. The first-order valence-corrected chi connectivity index (χ1v) is 8.10. The minimum Gasteiger partial charge on any atom is -0.388 e. The summed E-state index contributed by atoms with van der Waals surface area (Å²) < 4.78 is 40.1. The minimum atomic E-state index is -3.94. The molecule has 0 unspecified atom stereocenters. The zero-order valence-electron chi connectivity index (χ0n) is 12.2. The number of hydrogen-bond acceptors (Lipinski definition) is 6. The number of aliphatic hydroxyl groups excluding tert-OH is 1. The Morgan fingerprint density at radius 3 is 2.48 bits per heavy atom. The summed E-state index contributed by atoms with van der Waals surface area (Å²) in [6, 6.07) is 6.34. The molecule has 118 valence electrons. The van der Waals surface area contributed by atoms with Crippen LogP contribution in [0.2, 0.25) is 0 Å². The highest BCUT2D eigenvalue weighted by atomic mass is 32.2. The van der Waals surface area contributed by atoms with E-state index < -0.39 is 34.7 Å². The van der Waals surface area contributed by atoms with E-state index >= 15 is 0 Å². The van der Waals surface area contributed by atoms with Gasteiger partial charge in [-0.2, -0.15) is 8.42 Å². The highest BCUT2D eigenvalue weighted by Crippen LogP contribution is 2.26. The van der Waals surface area contributed by atoms with Gasteiger partial charge in [0.05, 0.1) is 11.0 Å². The van der Waals surface area contributed by atoms with Crippen LogP contribution in [0.25, 0.3) is 0 Å². The monoisotopic (exact) mass is 316 g/mol. The van der Waals surface area contributed by atoms with E-state index in [2.05, 4.69) is 0 Å². The molecule has 1 fully saturated rings. The number of hydrogen-bond donors (Lipinski definition) is 1. The average molecular weight is 316 g/mol. The van der Waals surface area contributed by atoms with Crippen molar-refractivity contribution < 1.29 is 27.2 Å². The molecule has 2 rings (SSSR count). The molecule has 1 aromatic rings. The Hall–Kier alpha value is -0.990. The maximum atomic E-state index is 12.2. The van der Waals surface area contributed by atoms with Crippen molar-refractivity contribution in [2.75, 3.05) is 7.11 Å².